The Bertz CT molecular complexity index is 613. The standard InChI is InChI=1S/C14H14ClN3O/c15-10-3-1-2-9(6-10)8-18-13-5-4-11(16)7-12(13)14(17)19/h1-7,18H,8,16H2,(H2,17,19). The van der Waals surface area contributed by atoms with Crippen LogP contribution < -0.4 is 16.8 Å². The molecule has 0 unspecified atom stereocenters. The molecule has 2 aromatic carbocycles. The summed E-state index contributed by atoms with van der Waals surface area (Å²) < 4.78 is 0. The average Bonchev–Trinajstić information content (AvgIpc) is 2.37. The second-order valence-electron chi connectivity index (χ2n) is 4.15. The zero-order valence-corrected chi connectivity index (χ0v) is 10.9. The Hall–Kier alpha value is -2.20. The van der Waals surface area contributed by atoms with Gasteiger partial charge < -0.3 is 16.8 Å². The Morgan fingerprint density at radius 1 is 1.21 bits per heavy atom. The van der Waals surface area contributed by atoms with Crippen LogP contribution in [0.2, 0.25) is 5.02 Å². The molecular formula is C14H14ClN3O. The largest absolute Gasteiger partial charge is 0.399 e. The van der Waals surface area contributed by atoms with E-state index in [0.29, 0.717) is 28.5 Å². The Kier molecular flexibility index (Phi) is 3.92. The molecule has 98 valence electrons. The van der Waals surface area contributed by atoms with Crippen LogP contribution in [0.15, 0.2) is 42.5 Å². The second kappa shape index (κ2) is 5.63. The van der Waals surface area contributed by atoms with E-state index in [9.17, 15) is 4.79 Å². The third kappa shape index (κ3) is 3.39. The Morgan fingerprint density at radius 3 is 2.68 bits per heavy atom. The molecule has 5 N–H and O–H groups in total. The summed E-state index contributed by atoms with van der Waals surface area (Å²) in [6, 6.07) is 12.5. The van der Waals surface area contributed by atoms with Crippen LogP contribution in [0.5, 0.6) is 0 Å². The number of nitrogen functional groups attached to an aromatic ring is 1. The van der Waals surface area contributed by atoms with Gasteiger partial charge in [0.05, 0.1) is 5.56 Å². The topological polar surface area (TPSA) is 81.1 Å². The van der Waals surface area contributed by atoms with Gasteiger partial charge in [-0.3, -0.25) is 4.79 Å². The molecule has 0 aromatic heterocycles. The maximum absolute atomic E-state index is 11.3. The molecule has 0 aliphatic carbocycles. The van der Waals surface area contributed by atoms with E-state index in [-0.39, 0.29) is 0 Å². The van der Waals surface area contributed by atoms with Gasteiger partial charge in [-0.1, -0.05) is 23.7 Å². The summed E-state index contributed by atoms with van der Waals surface area (Å²) in [5, 5.41) is 3.82. The number of benzene rings is 2. The molecule has 0 spiro atoms. The van der Waals surface area contributed by atoms with Crippen molar-refractivity contribution in [3.8, 4) is 0 Å². The van der Waals surface area contributed by atoms with E-state index >= 15 is 0 Å². The van der Waals surface area contributed by atoms with Crippen molar-refractivity contribution in [2.75, 3.05) is 11.1 Å². The zero-order chi connectivity index (χ0) is 13.8. The van der Waals surface area contributed by atoms with Crippen LogP contribution in [0.4, 0.5) is 11.4 Å². The van der Waals surface area contributed by atoms with Gasteiger partial charge in [-0.2, -0.15) is 0 Å². The first kappa shape index (κ1) is 13.2. The molecule has 0 radical (unpaired) electrons. The minimum absolute atomic E-state index is 0.377. The smallest absolute Gasteiger partial charge is 0.250 e. The van der Waals surface area contributed by atoms with Crippen molar-refractivity contribution in [1.29, 1.82) is 0 Å². The number of hydrogen-bond acceptors (Lipinski definition) is 3. The molecule has 2 aromatic rings. The highest BCUT2D eigenvalue weighted by Gasteiger charge is 2.08. The first-order valence-corrected chi connectivity index (χ1v) is 6.11. The summed E-state index contributed by atoms with van der Waals surface area (Å²) in [7, 11) is 0. The maximum Gasteiger partial charge on any atom is 0.250 e. The van der Waals surface area contributed by atoms with Gasteiger partial charge in [0.15, 0.2) is 0 Å². The SMILES string of the molecule is NC(=O)c1cc(N)ccc1NCc1cccc(Cl)c1. The van der Waals surface area contributed by atoms with Crippen molar-refractivity contribution in [3.05, 3.63) is 58.6 Å². The van der Waals surface area contributed by atoms with Crippen molar-refractivity contribution in [2.45, 2.75) is 6.54 Å². The molecule has 5 heteroatoms. The second-order valence-corrected chi connectivity index (χ2v) is 4.59. The molecule has 0 aliphatic heterocycles. The molecule has 0 heterocycles. The lowest BCUT2D eigenvalue weighted by molar-refractivity contribution is 0.100. The quantitative estimate of drug-likeness (QED) is 0.750. The van der Waals surface area contributed by atoms with Gasteiger partial charge in [0.1, 0.15) is 0 Å². The van der Waals surface area contributed by atoms with Gasteiger partial charge >= 0.3 is 0 Å². The molecule has 2 rings (SSSR count). The Labute approximate surface area is 116 Å². The summed E-state index contributed by atoms with van der Waals surface area (Å²) >= 11 is 5.91. The van der Waals surface area contributed by atoms with E-state index in [1.54, 1.807) is 18.2 Å². The van der Waals surface area contributed by atoms with Gasteiger partial charge in [0.25, 0.3) is 5.91 Å². The molecule has 19 heavy (non-hydrogen) atoms. The first-order chi connectivity index (χ1) is 9.06. The van der Waals surface area contributed by atoms with Crippen molar-refractivity contribution in [3.63, 3.8) is 0 Å². The average molecular weight is 276 g/mol. The number of hydrogen-bond donors (Lipinski definition) is 3. The monoisotopic (exact) mass is 275 g/mol. The number of halogens is 1. The predicted molar refractivity (Wildman–Crippen MR) is 78.2 cm³/mol. The molecule has 0 atom stereocenters. The van der Waals surface area contributed by atoms with Crippen molar-refractivity contribution >= 4 is 28.9 Å². The Balaban J connectivity index is 2.17. The Morgan fingerprint density at radius 2 is 2.00 bits per heavy atom. The fourth-order valence-corrected chi connectivity index (χ4v) is 1.98. The molecule has 4 nitrogen and oxygen atoms in total. The lowest BCUT2D eigenvalue weighted by Crippen LogP contribution is -2.14. The molecule has 0 saturated heterocycles. The predicted octanol–water partition coefficient (Wildman–Crippen LogP) is 2.63. The fourth-order valence-electron chi connectivity index (χ4n) is 1.76. The fraction of sp³-hybridized carbons (Fsp3) is 0.0714. The summed E-state index contributed by atoms with van der Waals surface area (Å²) in [5.41, 5.74) is 13.5. The molecule has 0 aliphatic rings. The first-order valence-electron chi connectivity index (χ1n) is 5.74. The van der Waals surface area contributed by atoms with Crippen molar-refractivity contribution in [2.24, 2.45) is 5.73 Å². The highest BCUT2D eigenvalue weighted by Crippen LogP contribution is 2.20. The van der Waals surface area contributed by atoms with Gasteiger partial charge in [0, 0.05) is 22.9 Å². The van der Waals surface area contributed by atoms with E-state index < -0.39 is 5.91 Å². The molecule has 0 bridgehead atoms. The van der Waals surface area contributed by atoms with E-state index in [2.05, 4.69) is 5.32 Å². The number of primary amides is 1. The number of nitrogens with two attached hydrogens (primary N) is 2. The van der Waals surface area contributed by atoms with Crippen LogP contribution in [-0.4, -0.2) is 5.91 Å². The van der Waals surface area contributed by atoms with Crippen molar-refractivity contribution < 1.29 is 4.79 Å². The normalized spacial score (nSPS) is 10.2. The number of anilines is 2. The summed E-state index contributed by atoms with van der Waals surface area (Å²) in [6.07, 6.45) is 0. The molecular weight excluding hydrogens is 262 g/mol. The van der Waals surface area contributed by atoms with E-state index in [0.717, 1.165) is 5.56 Å². The highest BCUT2D eigenvalue weighted by molar-refractivity contribution is 6.30. The lowest BCUT2D eigenvalue weighted by Gasteiger charge is -2.11. The van der Waals surface area contributed by atoms with Crippen LogP contribution in [0.3, 0.4) is 0 Å². The minimum atomic E-state index is -0.513. The van der Waals surface area contributed by atoms with Crippen LogP contribution >= 0.6 is 11.6 Å². The third-order valence-corrected chi connectivity index (χ3v) is 2.92. The number of carbonyl (C=O) groups is 1. The number of carbonyl (C=O) groups excluding carboxylic acids is 1. The number of amides is 1. The molecule has 0 fully saturated rings. The lowest BCUT2D eigenvalue weighted by atomic mass is 10.1. The van der Waals surface area contributed by atoms with Crippen LogP contribution in [0.25, 0.3) is 0 Å². The van der Waals surface area contributed by atoms with Crippen LogP contribution in [-0.2, 0) is 6.54 Å². The highest BCUT2D eigenvalue weighted by atomic mass is 35.5. The van der Waals surface area contributed by atoms with Crippen molar-refractivity contribution in [1.82, 2.24) is 0 Å². The summed E-state index contributed by atoms with van der Waals surface area (Å²) in [4.78, 5) is 11.3. The maximum atomic E-state index is 11.3. The van der Waals surface area contributed by atoms with Crippen LogP contribution in [0.1, 0.15) is 15.9 Å². The molecule has 1 amide bonds. The molecule has 0 saturated carbocycles. The summed E-state index contributed by atoms with van der Waals surface area (Å²) in [6.45, 7) is 0.546. The van der Waals surface area contributed by atoms with Crippen LogP contribution in [0, 0.1) is 0 Å². The van der Waals surface area contributed by atoms with Gasteiger partial charge in [-0.15, -0.1) is 0 Å². The zero-order valence-electron chi connectivity index (χ0n) is 10.2. The van der Waals surface area contributed by atoms with Gasteiger partial charge in [-0.25, -0.2) is 0 Å². The number of rotatable bonds is 4. The minimum Gasteiger partial charge on any atom is -0.399 e. The third-order valence-electron chi connectivity index (χ3n) is 2.68. The van der Waals surface area contributed by atoms with Gasteiger partial charge in [0.2, 0.25) is 0 Å². The van der Waals surface area contributed by atoms with E-state index in [1.807, 2.05) is 24.3 Å². The van der Waals surface area contributed by atoms with Gasteiger partial charge in [-0.05, 0) is 35.9 Å². The van der Waals surface area contributed by atoms with E-state index in [4.69, 9.17) is 23.1 Å². The summed E-state index contributed by atoms with van der Waals surface area (Å²) in [5.74, 6) is -0.513. The number of nitrogens with one attached hydrogen (secondary N) is 1. The van der Waals surface area contributed by atoms with E-state index in [1.165, 1.54) is 0 Å².